The lowest BCUT2D eigenvalue weighted by Gasteiger charge is -2.22. The van der Waals surface area contributed by atoms with E-state index in [4.69, 9.17) is 10.5 Å². The van der Waals surface area contributed by atoms with Crippen molar-refractivity contribution in [3.8, 4) is 0 Å². The van der Waals surface area contributed by atoms with E-state index in [9.17, 15) is 4.79 Å². The van der Waals surface area contributed by atoms with E-state index >= 15 is 0 Å². The van der Waals surface area contributed by atoms with Crippen molar-refractivity contribution in [2.24, 2.45) is 5.41 Å². The quantitative estimate of drug-likeness (QED) is 0.764. The Hall–Kier alpha value is -1.55. The van der Waals surface area contributed by atoms with Crippen LogP contribution in [0.25, 0.3) is 0 Å². The van der Waals surface area contributed by atoms with Crippen molar-refractivity contribution < 1.29 is 9.53 Å². The number of hydrogen-bond acceptors (Lipinski definition) is 3. The van der Waals surface area contributed by atoms with Crippen LogP contribution in [0.4, 0.5) is 5.69 Å². The maximum absolute atomic E-state index is 12.4. The molecule has 0 radical (unpaired) electrons. The molecule has 0 aliphatic carbocycles. The number of nitrogens with two attached hydrogens (primary N) is 1. The van der Waals surface area contributed by atoms with Gasteiger partial charge in [-0.05, 0) is 31.0 Å². The molecular weight excluding hydrogens is 228 g/mol. The molecular formula is C14H18N2O2. The van der Waals surface area contributed by atoms with Gasteiger partial charge in [-0.25, -0.2) is 0 Å². The first-order chi connectivity index (χ1) is 8.69. The van der Waals surface area contributed by atoms with Crippen LogP contribution in [-0.2, 0) is 4.74 Å². The van der Waals surface area contributed by atoms with Crippen molar-refractivity contribution in [1.82, 2.24) is 4.90 Å². The number of ether oxygens (including phenoxy) is 1. The van der Waals surface area contributed by atoms with E-state index in [1.54, 1.807) is 12.1 Å². The summed E-state index contributed by atoms with van der Waals surface area (Å²) in [6, 6.07) is 7.20. The number of carbonyl (C=O) groups excluding carboxylic acids is 1. The minimum absolute atomic E-state index is 0.0890. The zero-order chi connectivity index (χ0) is 12.6. The van der Waals surface area contributed by atoms with Crippen molar-refractivity contribution >= 4 is 11.6 Å². The molecule has 1 unspecified atom stereocenters. The van der Waals surface area contributed by atoms with Gasteiger partial charge in [0.1, 0.15) is 0 Å². The number of hydrogen-bond donors (Lipinski definition) is 1. The first-order valence-corrected chi connectivity index (χ1v) is 6.41. The van der Waals surface area contributed by atoms with Crippen molar-refractivity contribution in [1.29, 1.82) is 0 Å². The SMILES string of the molecule is Nc1cccc(C(=O)N2CCC3(CCOC3)C2)c1. The molecule has 1 atom stereocenters. The number of likely N-dealkylation sites (tertiary alicyclic amines) is 1. The summed E-state index contributed by atoms with van der Waals surface area (Å²) in [7, 11) is 0. The average Bonchev–Trinajstić information content (AvgIpc) is 3.00. The fraction of sp³-hybridized carbons (Fsp3) is 0.500. The largest absolute Gasteiger partial charge is 0.399 e. The lowest BCUT2D eigenvalue weighted by atomic mass is 9.87. The Morgan fingerprint density at radius 3 is 3.00 bits per heavy atom. The van der Waals surface area contributed by atoms with Crippen molar-refractivity contribution in [3.63, 3.8) is 0 Å². The first kappa shape index (κ1) is 11.5. The summed E-state index contributed by atoms with van der Waals surface area (Å²) in [6.07, 6.45) is 2.13. The standard InChI is InChI=1S/C14H18N2O2/c15-12-3-1-2-11(8-12)13(17)16-6-4-14(9-16)5-7-18-10-14/h1-3,8H,4-7,9-10,15H2. The zero-order valence-electron chi connectivity index (χ0n) is 10.4. The molecule has 0 aromatic heterocycles. The Kier molecular flexibility index (Phi) is 2.74. The third-order valence-corrected chi connectivity index (χ3v) is 4.04. The van der Waals surface area contributed by atoms with Gasteiger partial charge in [0, 0.05) is 36.4 Å². The van der Waals surface area contributed by atoms with Crippen molar-refractivity contribution in [2.75, 3.05) is 32.0 Å². The topological polar surface area (TPSA) is 55.6 Å². The molecule has 4 nitrogen and oxygen atoms in total. The van der Waals surface area contributed by atoms with Gasteiger partial charge in [0.05, 0.1) is 6.61 Å². The van der Waals surface area contributed by atoms with Crippen LogP contribution in [0.2, 0.25) is 0 Å². The number of nitrogen functional groups attached to an aromatic ring is 1. The molecule has 96 valence electrons. The molecule has 1 amide bonds. The minimum atomic E-state index is 0.0890. The Labute approximate surface area is 107 Å². The van der Waals surface area contributed by atoms with E-state index in [1.165, 1.54) is 0 Å². The second-order valence-corrected chi connectivity index (χ2v) is 5.40. The van der Waals surface area contributed by atoms with Crippen LogP contribution in [0.1, 0.15) is 23.2 Å². The van der Waals surface area contributed by atoms with Gasteiger partial charge in [0.15, 0.2) is 0 Å². The average molecular weight is 246 g/mol. The lowest BCUT2D eigenvalue weighted by Crippen LogP contribution is -2.32. The minimum Gasteiger partial charge on any atom is -0.399 e. The molecule has 0 bridgehead atoms. The smallest absolute Gasteiger partial charge is 0.253 e. The molecule has 2 N–H and O–H groups in total. The molecule has 2 saturated heterocycles. The zero-order valence-corrected chi connectivity index (χ0v) is 10.4. The molecule has 1 spiro atoms. The second-order valence-electron chi connectivity index (χ2n) is 5.40. The number of carbonyl (C=O) groups is 1. The highest BCUT2D eigenvalue weighted by atomic mass is 16.5. The van der Waals surface area contributed by atoms with Crippen LogP contribution in [-0.4, -0.2) is 37.1 Å². The number of rotatable bonds is 1. The molecule has 0 saturated carbocycles. The summed E-state index contributed by atoms with van der Waals surface area (Å²) < 4.78 is 5.48. The lowest BCUT2D eigenvalue weighted by molar-refractivity contribution is 0.0766. The van der Waals surface area contributed by atoms with Crippen LogP contribution in [0.3, 0.4) is 0 Å². The molecule has 1 aromatic carbocycles. The molecule has 18 heavy (non-hydrogen) atoms. The summed E-state index contributed by atoms with van der Waals surface area (Å²) >= 11 is 0. The van der Waals surface area contributed by atoms with Gasteiger partial charge < -0.3 is 15.4 Å². The molecule has 3 rings (SSSR count). The summed E-state index contributed by atoms with van der Waals surface area (Å²) in [5, 5.41) is 0. The monoisotopic (exact) mass is 246 g/mol. The molecule has 1 aromatic rings. The number of nitrogens with zero attached hydrogens (tertiary/aromatic N) is 1. The highest BCUT2D eigenvalue weighted by molar-refractivity contribution is 5.95. The molecule has 4 heteroatoms. The second kappa shape index (κ2) is 4.28. The van der Waals surface area contributed by atoms with E-state index in [2.05, 4.69) is 0 Å². The van der Waals surface area contributed by atoms with Gasteiger partial charge in [-0.2, -0.15) is 0 Å². The first-order valence-electron chi connectivity index (χ1n) is 6.41. The molecule has 2 aliphatic heterocycles. The maximum atomic E-state index is 12.4. The predicted molar refractivity (Wildman–Crippen MR) is 69.2 cm³/mol. The van der Waals surface area contributed by atoms with Crippen molar-refractivity contribution in [3.05, 3.63) is 29.8 Å². The number of benzene rings is 1. The van der Waals surface area contributed by atoms with Crippen LogP contribution in [0.15, 0.2) is 24.3 Å². The van der Waals surface area contributed by atoms with Gasteiger partial charge >= 0.3 is 0 Å². The fourth-order valence-corrected chi connectivity index (χ4v) is 2.93. The normalized spacial score (nSPS) is 27.0. The van der Waals surface area contributed by atoms with Crippen LogP contribution < -0.4 is 5.73 Å². The fourth-order valence-electron chi connectivity index (χ4n) is 2.93. The van der Waals surface area contributed by atoms with E-state index < -0.39 is 0 Å². The highest BCUT2D eigenvalue weighted by Gasteiger charge is 2.42. The summed E-state index contributed by atoms with van der Waals surface area (Å²) in [5.74, 6) is 0.0890. The third-order valence-electron chi connectivity index (χ3n) is 4.04. The highest BCUT2D eigenvalue weighted by Crippen LogP contribution is 2.38. The van der Waals surface area contributed by atoms with Crippen LogP contribution in [0.5, 0.6) is 0 Å². The molecule has 2 aliphatic rings. The summed E-state index contributed by atoms with van der Waals surface area (Å²) in [5.41, 5.74) is 7.26. The number of amides is 1. The van der Waals surface area contributed by atoms with E-state index in [0.717, 1.165) is 39.1 Å². The Balaban J connectivity index is 1.74. The van der Waals surface area contributed by atoms with Crippen LogP contribution in [0, 0.1) is 5.41 Å². The van der Waals surface area contributed by atoms with E-state index in [1.807, 2.05) is 17.0 Å². The molecule has 2 heterocycles. The van der Waals surface area contributed by atoms with Gasteiger partial charge in [-0.15, -0.1) is 0 Å². The van der Waals surface area contributed by atoms with Gasteiger partial charge in [0.2, 0.25) is 0 Å². The predicted octanol–water partition coefficient (Wildman–Crippen LogP) is 1.52. The summed E-state index contributed by atoms with van der Waals surface area (Å²) in [6.45, 7) is 3.28. The Morgan fingerprint density at radius 2 is 2.28 bits per heavy atom. The maximum Gasteiger partial charge on any atom is 0.253 e. The molecule has 2 fully saturated rings. The van der Waals surface area contributed by atoms with Gasteiger partial charge in [0.25, 0.3) is 5.91 Å². The Bertz CT molecular complexity index is 467. The van der Waals surface area contributed by atoms with Crippen LogP contribution >= 0.6 is 0 Å². The van der Waals surface area contributed by atoms with Gasteiger partial charge in [-0.3, -0.25) is 4.79 Å². The van der Waals surface area contributed by atoms with E-state index in [0.29, 0.717) is 11.3 Å². The number of anilines is 1. The van der Waals surface area contributed by atoms with E-state index in [-0.39, 0.29) is 11.3 Å². The van der Waals surface area contributed by atoms with Crippen molar-refractivity contribution in [2.45, 2.75) is 12.8 Å². The van der Waals surface area contributed by atoms with Gasteiger partial charge in [-0.1, -0.05) is 6.07 Å². The third kappa shape index (κ3) is 1.97. The Morgan fingerprint density at radius 1 is 1.39 bits per heavy atom. The summed E-state index contributed by atoms with van der Waals surface area (Å²) in [4.78, 5) is 14.3.